The molecule has 3 aromatic heterocycles. The zero-order valence-corrected chi connectivity index (χ0v) is 21.2. The number of halogens is 1. The topological polar surface area (TPSA) is 136 Å². The van der Waals surface area contributed by atoms with Crippen LogP contribution < -0.4 is 10.6 Å². The van der Waals surface area contributed by atoms with Crippen LogP contribution in [0.1, 0.15) is 57.0 Å². The minimum absolute atomic E-state index is 0.168. The highest BCUT2D eigenvalue weighted by Gasteiger charge is 2.27. The first-order chi connectivity index (χ1) is 16.9. The van der Waals surface area contributed by atoms with Crippen LogP contribution in [0, 0.1) is 17.2 Å². The van der Waals surface area contributed by atoms with Gasteiger partial charge in [-0.05, 0) is 45.2 Å². The van der Waals surface area contributed by atoms with Crippen LogP contribution in [0.25, 0.3) is 16.9 Å². The molecular weight excluding hydrogens is 463 g/mol. The summed E-state index contributed by atoms with van der Waals surface area (Å²) in [5.74, 6) is 0.175. The van der Waals surface area contributed by atoms with Gasteiger partial charge in [0.25, 0.3) is 5.91 Å². The fourth-order valence-electron chi connectivity index (χ4n) is 3.70. The number of carbonyl (C=O) groups is 1. The van der Waals surface area contributed by atoms with E-state index in [1.807, 2.05) is 26.8 Å². The van der Waals surface area contributed by atoms with Crippen molar-refractivity contribution in [2.45, 2.75) is 65.0 Å². The zero-order valence-electron chi connectivity index (χ0n) is 21.2. The number of aliphatic hydroxyl groups excluding tert-OH is 1. The summed E-state index contributed by atoms with van der Waals surface area (Å²) >= 11 is 0. The molecule has 36 heavy (non-hydrogen) atoms. The van der Waals surface area contributed by atoms with Crippen LogP contribution in [0.15, 0.2) is 36.8 Å². The van der Waals surface area contributed by atoms with Crippen molar-refractivity contribution in [2.75, 3.05) is 11.9 Å². The minimum atomic E-state index is -1.66. The Morgan fingerprint density at radius 1 is 1.25 bits per heavy atom. The third-order valence-corrected chi connectivity index (χ3v) is 5.92. The predicted octanol–water partition coefficient (Wildman–Crippen LogP) is 3.34. The summed E-state index contributed by atoms with van der Waals surface area (Å²) in [7, 11) is 0. The SMILES string of the molecule is CC(C)CC(O)[C@H](C)Nc1cc(-n2ccc3cc(C#N)cnc32)ncc1C(=O)NCC(F)C(C)(C)O. The van der Waals surface area contributed by atoms with Gasteiger partial charge < -0.3 is 20.8 Å². The molecule has 0 bridgehead atoms. The number of carbonyl (C=O) groups excluding carboxylic acids is 1. The fraction of sp³-hybridized carbons (Fsp3) is 0.462. The molecule has 0 aromatic carbocycles. The van der Waals surface area contributed by atoms with E-state index in [2.05, 4.69) is 26.7 Å². The Labute approximate surface area is 210 Å². The van der Waals surface area contributed by atoms with Gasteiger partial charge in [0.1, 0.15) is 23.7 Å². The number of amides is 1. The van der Waals surface area contributed by atoms with E-state index < -0.39 is 29.8 Å². The Kier molecular flexibility index (Phi) is 8.28. The van der Waals surface area contributed by atoms with E-state index in [0.29, 0.717) is 29.1 Å². The number of fused-ring (bicyclic) bond motifs is 1. The van der Waals surface area contributed by atoms with Crippen molar-refractivity contribution in [3.8, 4) is 11.9 Å². The van der Waals surface area contributed by atoms with Gasteiger partial charge in [-0.1, -0.05) is 13.8 Å². The van der Waals surface area contributed by atoms with Gasteiger partial charge in [-0.15, -0.1) is 0 Å². The first-order valence-electron chi connectivity index (χ1n) is 11.9. The van der Waals surface area contributed by atoms with Crippen molar-refractivity contribution in [1.29, 1.82) is 5.26 Å². The van der Waals surface area contributed by atoms with E-state index >= 15 is 0 Å². The van der Waals surface area contributed by atoms with Crippen LogP contribution in [-0.4, -0.2) is 61.1 Å². The van der Waals surface area contributed by atoms with Gasteiger partial charge >= 0.3 is 0 Å². The van der Waals surface area contributed by atoms with Gasteiger partial charge in [-0.2, -0.15) is 5.26 Å². The molecule has 192 valence electrons. The van der Waals surface area contributed by atoms with E-state index in [1.54, 1.807) is 22.9 Å². The first kappa shape index (κ1) is 27.0. The van der Waals surface area contributed by atoms with Crippen LogP contribution in [0.4, 0.5) is 10.1 Å². The summed E-state index contributed by atoms with van der Waals surface area (Å²) in [5.41, 5.74) is -0.000901. The first-order valence-corrected chi connectivity index (χ1v) is 11.9. The molecule has 9 nitrogen and oxygen atoms in total. The molecular formula is C26H33FN6O3. The third-order valence-electron chi connectivity index (χ3n) is 5.92. The van der Waals surface area contributed by atoms with E-state index in [9.17, 15) is 19.4 Å². The highest BCUT2D eigenvalue weighted by Crippen LogP contribution is 2.24. The molecule has 3 aromatic rings. The average molecular weight is 497 g/mol. The Balaban J connectivity index is 1.96. The molecule has 0 aliphatic heterocycles. The fourth-order valence-corrected chi connectivity index (χ4v) is 3.70. The van der Waals surface area contributed by atoms with Crippen LogP contribution in [0.2, 0.25) is 0 Å². The van der Waals surface area contributed by atoms with Gasteiger partial charge in [-0.25, -0.2) is 14.4 Å². The van der Waals surface area contributed by atoms with Crippen molar-refractivity contribution in [3.05, 3.63) is 47.9 Å². The number of nitrogens with one attached hydrogen (secondary N) is 2. The summed E-state index contributed by atoms with van der Waals surface area (Å²) in [6, 6.07) is 6.87. The van der Waals surface area contributed by atoms with E-state index in [0.717, 1.165) is 5.39 Å². The largest absolute Gasteiger partial charge is 0.391 e. The van der Waals surface area contributed by atoms with Crippen LogP contribution in [-0.2, 0) is 0 Å². The second-order valence-electron chi connectivity index (χ2n) is 9.98. The molecule has 2 unspecified atom stereocenters. The smallest absolute Gasteiger partial charge is 0.255 e. The summed E-state index contributed by atoms with van der Waals surface area (Å²) in [5, 5.41) is 36.0. The molecule has 0 saturated carbocycles. The van der Waals surface area contributed by atoms with Crippen molar-refractivity contribution in [3.63, 3.8) is 0 Å². The second-order valence-corrected chi connectivity index (χ2v) is 9.98. The Bertz CT molecular complexity index is 1260. The standard InChI is InChI=1S/C26H33FN6O3/c1-15(2)8-21(34)16(3)32-20-10-23(33-7-6-18-9-17(11-28)12-30-24(18)33)29-13-19(20)25(35)31-14-22(27)26(4,5)36/h6-7,9-10,12-13,15-16,21-22,34,36H,8,14H2,1-5H3,(H,29,32)(H,31,35)/t16-,21?,22?/m0/s1. The molecule has 0 spiro atoms. The molecule has 0 saturated heterocycles. The molecule has 1 amide bonds. The Morgan fingerprint density at radius 3 is 2.61 bits per heavy atom. The number of aliphatic hydroxyl groups is 2. The number of nitriles is 1. The van der Waals surface area contributed by atoms with E-state index in [4.69, 9.17) is 5.26 Å². The normalized spacial score (nSPS) is 14.3. The number of nitrogens with zero attached hydrogens (tertiary/aromatic N) is 4. The van der Waals surface area contributed by atoms with Gasteiger partial charge in [0.15, 0.2) is 0 Å². The molecule has 0 radical (unpaired) electrons. The van der Waals surface area contributed by atoms with Crippen LogP contribution in [0.3, 0.4) is 0 Å². The lowest BCUT2D eigenvalue weighted by atomic mass is 10.0. The van der Waals surface area contributed by atoms with Gasteiger partial charge in [0.05, 0.1) is 35.1 Å². The molecule has 3 rings (SSSR count). The highest BCUT2D eigenvalue weighted by atomic mass is 19.1. The highest BCUT2D eigenvalue weighted by molar-refractivity contribution is 5.99. The Morgan fingerprint density at radius 2 is 1.97 bits per heavy atom. The third kappa shape index (κ3) is 6.36. The molecule has 0 aliphatic rings. The summed E-state index contributed by atoms with van der Waals surface area (Å²) in [6.45, 7) is 8.13. The van der Waals surface area contributed by atoms with Crippen LogP contribution in [0.5, 0.6) is 0 Å². The van der Waals surface area contributed by atoms with E-state index in [1.165, 1.54) is 26.2 Å². The molecule has 10 heteroatoms. The number of hydrogen-bond donors (Lipinski definition) is 4. The number of hydrogen-bond acceptors (Lipinski definition) is 7. The summed E-state index contributed by atoms with van der Waals surface area (Å²) in [6.07, 6.45) is 2.85. The van der Waals surface area contributed by atoms with E-state index in [-0.39, 0.29) is 18.0 Å². The number of aromatic nitrogens is 3. The van der Waals surface area contributed by atoms with Crippen molar-refractivity contribution >= 4 is 22.6 Å². The zero-order chi connectivity index (χ0) is 26.6. The molecule has 4 N–H and O–H groups in total. The Hall–Kier alpha value is -3.55. The van der Waals surface area contributed by atoms with Gasteiger partial charge in [0.2, 0.25) is 0 Å². The maximum atomic E-state index is 14.2. The number of rotatable bonds is 10. The lowest BCUT2D eigenvalue weighted by Gasteiger charge is -2.25. The lowest BCUT2D eigenvalue weighted by molar-refractivity contribution is -0.00177. The maximum absolute atomic E-state index is 14.2. The number of alkyl halides is 1. The second kappa shape index (κ2) is 11.0. The monoisotopic (exact) mass is 496 g/mol. The summed E-state index contributed by atoms with van der Waals surface area (Å²) in [4.78, 5) is 21.7. The summed E-state index contributed by atoms with van der Waals surface area (Å²) < 4.78 is 15.9. The predicted molar refractivity (Wildman–Crippen MR) is 136 cm³/mol. The molecule has 3 atom stereocenters. The van der Waals surface area contributed by atoms with Gasteiger partial charge in [-0.3, -0.25) is 9.36 Å². The van der Waals surface area contributed by atoms with Crippen LogP contribution >= 0.6 is 0 Å². The van der Waals surface area contributed by atoms with Crippen molar-refractivity contribution in [2.24, 2.45) is 5.92 Å². The van der Waals surface area contributed by atoms with Crippen molar-refractivity contribution < 1.29 is 19.4 Å². The number of pyridine rings is 2. The van der Waals surface area contributed by atoms with Gasteiger partial charge in [0, 0.05) is 36.1 Å². The maximum Gasteiger partial charge on any atom is 0.255 e. The number of anilines is 1. The molecule has 0 fully saturated rings. The molecule has 3 heterocycles. The quantitative estimate of drug-likeness (QED) is 0.338. The average Bonchev–Trinajstić information content (AvgIpc) is 3.24. The lowest BCUT2D eigenvalue weighted by Crippen LogP contribution is -2.42. The molecule has 0 aliphatic carbocycles. The van der Waals surface area contributed by atoms with Crippen molar-refractivity contribution in [1.82, 2.24) is 19.9 Å². The minimum Gasteiger partial charge on any atom is -0.391 e.